The van der Waals surface area contributed by atoms with Gasteiger partial charge in [0.25, 0.3) is 0 Å². The highest BCUT2D eigenvalue weighted by Gasteiger charge is 2.38. The number of hydrogen-bond donors (Lipinski definition) is 1. The highest BCUT2D eigenvalue weighted by Crippen LogP contribution is 2.28. The molecule has 0 saturated carbocycles. The highest BCUT2D eigenvalue weighted by molar-refractivity contribution is 7.99. The van der Waals surface area contributed by atoms with Crippen LogP contribution < -0.4 is 4.72 Å². The van der Waals surface area contributed by atoms with Gasteiger partial charge < -0.3 is 0 Å². The van der Waals surface area contributed by atoms with Gasteiger partial charge in [-0.25, -0.2) is 8.42 Å². The lowest BCUT2D eigenvalue weighted by molar-refractivity contribution is 0.514. The topological polar surface area (TPSA) is 70.0 Å². The van der Waals surface area contributed by atoms with Crippen molar-refractivity contribution in [3.63, 3.8) is 0 Å². The quantitative estimate of drug-likeness (QED) is 0.754. The van der Waals surface area contributed by atoms with Crippen LogP contribution in [-0.2, 0) is 10.0 Å². The fourth-order valence-electron chi connectivity index (χ4n) is 1.35. The number of nitrogens with one attached hydrogen (secondary N) is 1. The summed E-state index contributed by atoms with van der Waals surface area (Å²) in [7, 11) is -3.37. The second kappa shape index (κ2) is 5.39. The van der Waals surface area contributed by atoms with E-state index in [0.717, 1.165) is 5.75 Å². The van der Waals surface area contributed by atoms with Crippen molar-refractivity contribution in [1.82, 2.24) is 4.72 Å². The van der Waals surface area contributed by atoms with Gasteiger partial charge in [0.1, 0.15) is 5.54 Å². The van der Waals surface area contributed by atoms with E-state index in [4.69, 9.17) is 16.9 Å². The Kier molecular flexibility index (Phi) is 4.71. The van der Waals surface area contributed by atoms with Crippen molar-refractivity contribution in [2.75, 3.05) is 23.1 Å². The number of hydrogen-bond acceptors (Lipinski definition) is 4. The molecular weight excluding hydrogens is 256 g/mol. The van der Waals surface area contributed by atoms with Crippen molar-refractivity contribution in [2.45, 2.75) is 18.4 Å². The zero-order valence-corrected chi connectivity index (χ0v) is 10.6. The molecule has 7 heteroatoms. The van der Waals surface area contributed by atoms with Crippen LogP contribution in [0.5, 0.6) is 0 Å². The van der Waals surface area contributed by atoms with Gasteiger partial charge >= 0.3 is 0 Å². The Morgan fingerprint density at radius 1 is 1.60 bits per heavy atom. The number of nitriles is 1. The first-order valence-electron chi connectivity index (χ1n) is 4.60. The van der Waals surface area contributed by atoms with E-state index in [9.17, 15) is 8.42 Å². The van der Waals surface area contributed by atoms with Crippen LogP contribution in [0.25, 0.3) is 0 Å². The molecule has 0 aromatic rings. The molecule has 1 heterocycles. The van der Waals surface area contributed by atoms with Gasteiger partial charge in [-0.2, -0.15) is 21.7 Å². The molecule has 0 aromatic heterocycles. The zero-order chi connectivity index (χ0) is 11.4. The average Bonchev–Trinajstić information content (AvgIpc) is 2.63. The Morgan fingerprint density at radius 2 is 2.33 bits per heavy atom. The number of sulfonamides is 1. The van der Waals surface area contributed by atoms with Crippen molar-refractivity contribution in [1.29, 1.82) is 5.26 Å². The summed E-state index contributed by atoms with van der Waals surface area (Å²) in [6.07, 6.45) is 0.986. The molecule has 0 amide bonds. The third-order valence-electron chi connectivity index (χ3n) is 2.13. The molecule has 15 heavy (non-hydrogen) atoms. The molecular formula is C8H13ClN2O2S2. The maximum Gasteiger partial charge on any atom is 0.213 e. The van der Waals surface area contributed by atoms with Crippen LogP contribution in [0.4, 0.5) is 0 Å². The Hall–Kier alpha value is 0.0400. The first-order chi connectivity index (χ1) is 7.04. The van der Waals surface area contributed by atoms with E-state index in [0.29, 0.717) is 24.5 Å². The van der Waals surface area contributed by atoms with Crippen LogP contribution >= 0.6 is 23.4 Å². The molecule has 1 aliphatic heterocycles. The number of rotatable bonds is 5. The molecule has 0 aromatic carbocycles. The molecule has 86 valence electrons. The molecule has 1 atom stereocenters. The van der Waals surface area contributed by atoms with Crippen molar-refractivity contribution in [3.8, 4) is 6.07 Å². The molecule has 1 N–H and O–H groups in total. The van der Waals surface area contributed by atoms with E-state index < -0.39 is 15.6 Å². The summed E-state index contributed by atoms with van der Waals surface area (Å²) in [6, 6.07) is 2.07. The van der Waals surface area contributed by atoms with Gasteiger partial charge in [0, 0.05) is 11.6 Å². The first kappa shape index (κ1) is 13.1. The maximum atomic E-state index is 11.6. The molecule has 1 aliphatic rings. The summed E-state index contributed by atoms with van der Waals surface area (Å²) >= 11 is 7.03. The Bertz CT molecular complexity index is 344. The van der Waals surface area contributed by atoms with E-state index in [1.165, 1.54) is 0 Å². The van der Waals surface area contributed by atoms with Gasteiger partial charge in [-0.3, -0.25) is 0 Å². The fraction of sp³-hybridized carbons (Fsp3) is 0.875. The van der Waals surface area contributed by atoms with E-state index >= 15 is 0 Å². The third kappa shape index (κ3) is 3.83. The minimum Gasteiger partial charge on any atom is -0.212 e. The monoisotopic (exact) mass is 268 g/mol. The van der Waals surface area contributed by atoms with Crippen LogP contribution in [0.2, 0.25) is 0 Å². The first-order valence-corrected chi connectivity index (χ1v) is 7.94. The van der Waals surface area contributed by atoms with E-state index in [-0.39, 0.29) is 5.75 Å². The standard InChI is InChI=1S/C8H13ClN2O2S2/c9-3-1-5-15(12,13)11-8(6-10)2-4-14-7-8/h11H,1-5,7H2. The maximum absolute atomic E-state index is 11.6. The van der Waals surface area contributed by atoms with Crippen molar-refractivity contribution < 1.29 is 8.42 Å². The largest absolute Gasteiger partial charge is 0.213 e. The Balaban J connectivity index is 2.63. The highest BCUT2D eigenvalue weighted by atomic mass is 35.5. The lowest BCUT2D eigenvalue weighted by atomic mass is 10.0. The lowest BCUT2D eigenvalue weighted by Gasteiger charge is -2.20. The van der Waals surface area contributed by atoms with Gasteiger partial charge in [0.2, 0.25) is 10.0 Å². The van der Waals surface area contributed by atoms with Gasteiger partial charge in [-0.05, 0) is 18.6 Å². The van der Waals surface area contributed by atoms with Crippen LogP contribution in [0.3, 0.4) is 0 Å². The van der Waals surface area contributed by atoms with Crippen LogP contribution in [-0.4, -0.2) is 37.1 Å². The summed E-state index contributed by atoms with van der Waals surface area (Å²) in [5.41, 5.74) is -0.893. The summed E-state index contributed by atoms with van der Waals surface area (Å²) in [4.78, 5) is 0. The van der Waals surface area contributed by atoms with Crippen LogP contribution in [0.1, 0.15) is 12.8 Å². The number of nitrogens with zero attached hydrogens (tertiary/aromatic N) is 1. The zero-order valence-electron chi connectivity index (χ0n) is 8.20. The smallest absolute Gasteiger partial charge is 0.212 e. The predicted molar refractivity (Wildman–Crippen MR) is 62.5 cm³/mol. The van der Waals surface area contributed by atoms with E-state index in [1.54, 1.807) is 11.8 Å². The molecule has 0 aliphatic carbocycles. The molecule has 1 saturated heterocycles. The third-order valence-corrected chi connectivity index (χ3v) is 5.12. The van der Waals surface area contributed by atoms with Gasteiger partial charge in [0.15, 0.2) is 0 Å². The minimum atomic E-state index is -3.37. The molecule has 0 bridgehead atoms. The number of alkyl halides is 1. The van der Waals surface area contributed by atoms with Crippen LogP contribution in [0.15, 0.2) is 0 Å². The van der Waals surface area contributed by atoms with E-state index in [1.807, 2.05) is 0 Å². The molecule has 0 radical (unpaired) electrons. The fourth-order valence-corrected chi connectivity index (χ4v) is 4.44. The minimum absolute atomic E-state index is 0.00933. The summed E-state index contributed by atoms with van der Waals surface area (Å²) in [5.74, 6) is 1.66. The van der Waals surface area contributed by atoms with Crippen molar-refractivity contribution in [2.24, 2.45) is 0 Å². The SMILES string of the molecule is N#CC1(NS(=O)(=O)CCCCl)CCSC1. The van der Waals surface area contributed by atoms with Crippen molar-refractivity contribution in [3.05, 3.63) is 0 Å². The summed E-state index contributed by atoms with van der Waals surface area (Å²) < 4.78 is 25.6. The predicted octanol–water partition coefficient (Wildman–Crippen LogP) is 0.934. The van der Waals surface area contributed by atoms with Crippen LogP contribution in [0, 0.1) is 11.3 Å². The van der Waals surface area contributed by atoms with E-state index in [2.05, 4.69) is 10.8 Å². The number of thioether (sulfide) groups is 1. The number of halogens is 1. The molecule has 4 nitrogen and oxygen atoms in total. The van der Waals surface area contributed by atoms with Gasteiger partial charge in [-0.15, -0.1) is 11.6 Å². The molecule has 1 unspecified atom stereocenters. The lowest BCUT2D eigenvalue weighted by Crippen LogP contribution is -2.48. The average molecular weight is 269 g/mol. The second-order valence-electron chi connectivity index (χ2n) is 3.46. The Morgan fingerprint density at radius 3 is 2.80 bits per heavy atom. The second-order valence-corrected chi connectivity index (χ2v) is 6.78. The normalized spacial score (nSPS) is 26.4. The molecule has 0 spiro atoms. The van der Waals surface area contributed by atoms with Gasteiger partial charge in [-0.1, -0.05) is 0 Å². The Labute approximate surface area is 99.4 Å². The summed E-state index contributed by atoms with van der Waals surface area (Å²) in [6.45, 7) is 0. The van der Waals surface area contributed by atoms with Crippen molar-refractivity contribution >= 4 is 33.4 Å². The van der Waals surface area contributed by atoms with Gasteiger partial charge in [0.05, 0.1) is 11.8 Å². The molecule has 1 rings (SSSR count). The summed E-state index contributed by atoms with van der Waals surface area (Å²) in [5, 5.41) is 8.99. The molecule has 1 fully saturated rings.